The van der Waals surface area contributed by atoms with Gasteiger partial charge in [-0.05, 0) is 31.9 Å². The second kappa shape index (κ2) is 5.71. The summed E-state index contributed by atoms with van der Waals surface area (Å²) in [5.74, 6) is -2.03. The molecule has 1 fully saturated rings. The Hall–Kier alpha value is -2.11. The molecule has 1 aliphatic carbocycles. The molecule has 1 saturated carbocycles. The van der Waals surface area contributed by atoms with Gasteiger partial charge >= 0.3 is 5.97 Å². The van der Waals surface area contributed by atoms with E-state index in [1.165, 1.54) is 10.6 Å². The monoisotopic (exact) mass is 292 g/mol. The maximum absolute atomic E-state index is 12.3. The van der Waals surface area contributed by atoms with E-state index in [0.717, 1.165) is 12.8 Å². The summed E-state index contributed by atoms with van der Waals surface area (Å²) in [7, 11) is 1.57. The lowest BCUT2D eigenvalue weighted by atomic mass is 9.74. The summed E-state index contributed by atoms with van der Waals surface area (Å²) in [6.07, 6.45) is 4.42. The molecule has 0 saturated heterocycles. The topological polar surface area (TPSA) is 88.4 Å². The summed E-state index contributed by atoms with van der Waals surface area (Å²) in [6.45, 7) is 1.75. The lowest BCUT2D eigenvalue weighted by molar-refractivity contribution is -0.145. The number of aliphatic carboxylic acids is 1. The number of hydrogen-bond donors (Lipinski definition) is 2. The number of carbonyl (C=O) groups is 2. The van der Waals surface area contributed by atoms with E-state index in [4.69, 9.17) is 0 Å². The van der Waals surface area contributed by atoms with Crippen LogP contribution in [0.4, 0.5) is 0 Å². The lowest BCUT2D eigenvalue weighted by Gasteiger charge is -2.39. The minimum absolute atomic E-state index is 0.0379. The van der Waals surface area contributed by atoms with E-state index in [1.54, 1.807) is 26.2 Å². The van der Waals surface area contributed by atoms with Crippen molar-refractivity contribution in [3.05, 3.63) is 34.2 Å². The van der Waals surface area contributed by atoms with E-state index in [2.05, 4.69) is 5.32 Å². The van der Waals surface area contributed by atoms with Gasteiger partial charge in [0.15, 0.2) is 0 Å². The Bertz CT molecular complexity index is 622. The smallest absolute Gasteiger partial charge is 0.308 e. The van der Waals surface area contributed by atoms with Crippen molar-refractivity contribution in [3.8, 4) is 0 Å². The van der Waals surface area contributed by atoms with Crippen molar-refractivity contribution in [3.63, 3.8) is 0 Å². The van der Waals surface area contributed by atoms with Crippen LogP contribution in [0.25, 0.3) is 0 Å². The Morgan fingerprint density at radius 2 is 2.14 bits per heavy atom. The van der Waals surface area contributed by atoms with Crippen LogP contribution in [0.3, 0.4) is 0 Å². The van der Waals surface area contributed by atoms with Crippen LogP contribution in [0.2, 0.25) is 0 Å². The first kappa shape index (κ1) is 15.3. The number of nitrogens with zero attached hydrogens (tertiary/aromatic N) is 1. The quantitative estimate of drug-likeness (QED) is 0.874. The first-order chi connectivity index (χ1) is 9.85. The molecule has 0 aromatic carbocycles. The van der Waals surface area contributed by atoms with E-state index >= 15 is 0 Å². The number of pyridine rings is 1. The molecule has 2 unspecified atom stereocenters. The van der Waals surface area contributed by atoms with Gasteiger partial charge in [0, 0.05) is 13.2 Å². The number of hydrogen-bond acceptors (Lipinski definition) is 3. The molecule has 1 amide bonds. The normalized spacial score (nSPS) is 25.3. The molecule has 0 spiro atoms. The average molecular weight is 292 g/mol. The number of carboxylic acids is 1. The van der Waals surface area contributed by atoms with E-state index in [0.29, 0.717) is 12.8 Å². The average Bonchev–Trinajstić information content (AvgIpc) is 2.41. The maximum atomic E-state index is 12.3. The van der Waals surface area contributed by atoms with Crippen LogP contribution >= 0.6 is 0 Å². The second-order valence-electron chi connectivity index (χ2n) is 5.85. The van der Waals surface area contributed by atoms with Crippen LogP contribution in [-0.4, -0.2) is 27.1 Å². The van der Waals surface area contributed by atoms with Gasteiger partial charge in [0.05, 0.1) is 11.5 Å². The predicted molar refractivity (Wildman–Crippen MR) is 77.1 cm³/mol. The highest BCUT2D eigenvalue weighted by Gasteiger charge is 2.42. The summed E-state index contributed by atoms with van der Waals surface area (Å²) in [5, 5.41) is 12.1. The molecule has 0 bridgehead atoms. The lowest BCUT2D eigenvalue weighted by Crippen LogP contribution is -2.56. The number of rotatable bonds is 3. The fourth-order valence-electron chi connectivity index (χ4n) is 2.98. The number of nitrogens with one attached hydrogen (secondary N) is 1. The van der Waals surface area contributed by atoms with Gasteiger partial charge in [-0.15, -0.1) is 0 Å². The summed E-state index contributed by atoms with van der Waals surface area (Å²) in [6, 6.07) is 3.08. The van der Waals surface area contributed by atoms with E-state index < -0.39 is 23.3 Å². The van der Waals surface area contributed by atoms with Crippen LogP contribution in [-0.2, 0) is 11.8 Å². The zero-order chi connectivity index (χ0) is 15.6. The van der Waals surface area contributed by atoms with Crippen LogP contribution in [0, 0.1) is 5.92 Å². The third-order valence-corrected chi connectivity index (χ3v) is 4.27. The third-order valence-electron chi connectivity index (χ3n) is 4.27. The summed E-state index contributed by atoms with van der Waals surface area (Å²) in [4.78, 5) is 35.7. The molecule has 0 aliphatic heterocycles. The predicted octanol–water partition coefficient (Wildman–Crippen LogP) is 1.15. The Labute approximate surface area is 122 Å². The van der Waals surface area contributed by atoms with Crippen molar-refractivity contribution in [2.75, 3.05) is 0 Å². The zero-order valence-electron chi connectivity index (χ0n) is 12.3. The molecule has 2 N–H and O–H groups in total. The maximum Gasteiger partial charge on any atom is 0.308 e. The van der Waals surface area contributed by atoms with Crippen molar-refractivity contribution >= 4 is 11.9 Å². The fourth-order valence-corrected chi connectivity index (χ4v) is 2.98. The van der Waals surface area contributed by atoms with Gasteiger partial charge in [0.2, 0.25) is 0 Å². The Balaban J connectivity index is 2.26. The highest BCUT2D eigenvalue weighted by molar-refractivity contribution is 5.94. The molecular weight excluding hydrogens is 272 g/mol. The molecule has 2 atom stereocenters. The van der Waals surface area contributed by atoms with Crippen molar-refractivity contribution in [2.24, 2.45) is 13.0 Å². The molecular formula is C15H20N2O4. The van der Waals surface area contributed by atoms with Crippen molar-refractivity contribution in [1.82, 2.24) is 9.88 Å². The highest BCUT2D eigenvalue weighted by atomic mass is 16.4. The van der Waals surface area contributed by atoms with Crippen LogP contribution in [0.5, 0.6) is 0 Å². The van der Waals surface area contributed by atoms with Crippen molar-refractivity contribution < 1.29 is 14.7 Å². The Morgan fingerprint density at radius 1 is 1.43 bits per heavy atom. The molecule has 6 nitrogen and oxygen atoms in total. The summed E-state index contributed by atoms with van der Waals surface area (Å²) in [5.41, 5.74) is -1.17. The molecule has 1 aliphatic rings. The number of carboxylic acid groups (broad SMARTS) is 1. The molecule has 0 radical (unpaired) electrons. The molecule has 2 rings (SSSR count). The molecule has 1 aromatic rings. The van der Waals surface area contributed by atoms with Gasteiger partial charge < -0.3 is 15.0 Å². The summed E-state index contributed by atoms with van der Waals surface area (Å²) < 4.78 is 1.33. The number of aromatic nitrogens is 1. The van der Waals surface area contributed by atoms with E-state index in [-0.39, 0.29) is 11.1 Å². The minimum Gasteiger partial charge on any atom is -0.481 e. The van der Waals surface area contributed by atoms with Crippen LogP contribution in [0.15, 0.2) is 23.1 Å². The van der Waals surface area contributed by atoms with E-state index in [9.17, 15) is 19.5 Å². The van der Waals surface area contributed by atoms with E-state index in [1.807, 2.05) is 0 Å². The first-order valence-corrected chi connectivity index (χ1v) is 7.06. The van der Waals surface area contributed by atoms with Gasteiger partial charge in [-0.2, -0.15) is 0 Å². The molecule has 6 heteroatoms. The van der Waals surface area contributed by atoms with Gasteiger partial charge in [0.25, 0.3) is 11.5 Å². The largest absolute Gasteiger partial charge is 0.481 e. The standard InChI is InChI=1S/C15H20N2O4/c1-15(8-4-3-7-11(15)14(20)21)16-12(18)10-6-5-9-17(2)13(10)19/h5-6,9,11H,3-4,7-8H2,1-2H3,(H,16,18)(H,20,21). The molecule has 1 heterocycles. The Morgan fingerprint density at radius 3 is 2.81 bits per heavy atom. The van der Waals surface area contributed by atoms with Crippen molar-refractivity contribution in [1.29, 1.82) is 0 Å². The number of carbonyl (C=O) groups excluding carboxylic acids is 1. The zero-order valence-corrected chi connectivity index (χ0v) is 12.3. The van der Waals surface area contributed by atoms with Gasteiger partial charge in [-0.1, -0.05) is 12.8 Å². The molecule has 1 aromatic heterocycles. The van der Waals surface area contributed by atoms with Gasteiger partial charge in [-0.25, -0.2) is 0 Å². The van der Waals surface area contributed by atoms with Gasteiger partial charge in [-0.3, -0.25) is 14.4 Å². The second-order valence-corrected chi connectivity index (χ2v) is 5.85. The summed E-state index contributed by atoms with van der Waals surface area (Å²) >= 11 is 0. The number of aryl methyl sites for hydroxylation is 1. The Kier molecular flexibility index (Phi) is 4.16. The molecule has 21 heavy (non-hydrogen) atoms. The number of amides is 1. The minimum atomic E-state index is -0.904. The SMILES string of the molecule is Cn1cccc(C(=O)NC2(C)CCCCC2C(=O)O)c1=O. The first-order valence-electron chi connectivity index (χ1n) is 7.06. The van der Waals surface area contributed by atoms with Crippen LogP contribution < -0.4 is 10.9 Å². The fraction of sp³-hybridized carbons (Fsp3) is 0.533. The molecule has 114 valence electrons. The highest BCUT2D eigenvalue weighted by Crippen LogP contribution is 2.34. The van der Waals surface area contributed by atoms with Gasteiger partial charge in [0.1, 0.15) is 5.56 Å². The third kappa shape index (κ3) is 2.99. The van der Waals surface area contributed by atoms with Crippen molar-refractivity contribution in [2.45, 2.75) is 38.1 Å². The van der Waals surface area contributed by atoms with Crippen LogP contribution in [0.1, 0.15) is 43.0 Å².